The monoisotopic (exact) mass is 1210 g/mol. The van der Waals surface area contributed by atoms with Gasteiger partial charge in [0.15, 0.2) is 63.0 Å². The maximum absolute atomic E-state index is 11.8. The molecule has 0 aliphatic carbocycles. The molecule has 83 heavy (non-hydrogen) atoms. The molecule has 0 saturated carbocycles. The third-order valence-corrected chi connectivity index (χ3v) is 16.0. The maximum atomic E-state index is 11.8. The summed E-state index contributed by atoms with van der Waals surface area (Å²) < 4.78 is 83.0. The Morgan fingerprint density at radius 2 is 0.482 bits per heavy atom. The molecule has 35 heteroatoms. The Bertz CT molecular complexity index is 2180. The van der Waals surface area contributed by atoms with Crippen molar-refractivity contribution < 1.29 is 173 Å². The van der Waals surface area contributed by atoms with Crippen LogP contribution in [0.3, 0.4) is 0 Å². The van der Waals surface area contributed by atoms with Crippen molar-refractivity contribution in [3.05, 3.63) is 30.1 Å². The average Bonchev–Trinajstić information content (AvgIpc) is 3.19. The highest BCUT2D eigenvalue weighted by Gasteiger charge is 2.60. The largest absolute Gasteiger partial charge is 0.394 e. The number of aromatic nitrogens is 1. The van der Waals surface area contributed by atoms with Gasteiger partial charge in [0, 0.05) is 11.6 Å². The van der Waals surface area contributed by atoms with Crippen molar-refractivity contribution in [3.8, 4) is 0 Å². The van der Waals surface area contributed by atoms with Gasteiger partial charge < -0.3 is 168 Å². The summed E-state index contributed by atoms with van der Waals surface area (Å²) >= 11 is 0. The second-order valence-corrected chi connectivity index (χ2v) is 21.5. The Morgan fingerprint density at radius 3 is 0.675 bits per heavy atom. The molecule has 35 nitrogen and oxygen atoms in total. The molecule has 21 aliphatic heterocycles. The number of aliphatic hydroxyl groups excluding tert-OH is 20. The summed E-state index contributed by atoms with van der Waals surface area (Å²) in [6, 6.07) is 3.41. The molecule has 0 unspecified atom stereocenters. The van der Waals surface area contributed by atoms with E-state index in [0.717, 1.165) is 5.56 Å². The molecule has 0 spiro atoms. The molecule has 476 valence electrons. The molecule has 35 atom stereocenters. The van der Waals surface area contributed by atoms with E-state index in [2.05, 4.69) is 0 Å². The van der Waals surface area contributed by atoms with Crippen molar-refractivity contribution in [3.63, 3.8) is 0 Å². The Balaban J connectivity index is 1.02. The summed E-state index contributed by atoms with van der Waals surface area (Å²) in [5.41, 5.74) is 0.735. The van der Waals surface area contributed by atoms with Gasteiger partial charge in [0.25, 0.3) is 0 Å². The van der Waals surface area contributed by atoms with Crippen molar-refractivity contribution in [2.24, 2.45) is 0 Å². The molecule has 21 saturated heterocycles. The summed E-state index contributed by atoms with van der Waals surface area (Å²) in [5, 5.41) is 223. The van der Waals surface area contributed by atoms with E-state index in [-0.39, 0.29) is 6.54 Å². The molecule has 22 heterocycles. The smallest absolute Gasteiger partial charge is 0.187 e. The molecule has 0 amide bonds. The van der Waals surface area contributed by atoms with Crippen molar-refractivity contribution in [2.75, 3.05) is 39.6 Å². The van der Waals surface area contributed by atoms with E-state index in [1.54, 1.807) is 36.0 Å². The van der Waals surface area contributed by atoms with Gasteiger partial charge in [-0.3, -0.25) is 0 Å². The second kappa shape index (κ2) is 27.7. The Morgan fingerprint density at radius 1 is 0.289 bits per heavy atom. The third-order valence-electron chi connectivity index (χ3n) is 16.0. The summed E-state index contributed by atoms with van der Waals surface area (Å²) in [5.74, 6) is 0. The molecular formula is C48H76NO34+. The molecule has 14 bridgehead atoms. The lowest BCUT2D eigenvalue weighted by molar-refractivity contribution is -0.708. The summed E-state index contributed by atoms with van der Waals surface area (Å²) in [4.78, 5) is 0. The molecule has 1 aromatic rings. The number of nitrogens with zero attached hydrogens (tertiary/aromatic N) is 1. The van der Waals surface area contributed by atoms with Crippen LogP contribution in [0, 0.1) is 6.92 Å². The van der Waals surface area contributed by atoms with Gasteiger partial charge in [0.2, 0.25) is 0 Å². The van der Waals surface area contributed by atoms with Crippen LogP contribution < -0.4 is 4.57 Å². The van der Waals surface area contributed by atoms with E-state index in [1.165, 1.54) is 0 Å². The Labute approximate surface area is 470 Å². The molecule has 21 aliphatic rings. The van der Waals surface area contributed by atoms with E-state index in [4.69, 9.17) is 66.3 Å². The Hall–Kier alpha value is -2.21. The maximum Gasteiger partial charge on any atom is 0.187 e. The van der Waals surface area contributed by atoms with Gasteiger partial charge in [-0.25, -0.2) is 4.57 Å². The minimum atomic E-state index is -2.20. The van der Waals surface area contributed by atoms with Crippen LogP contribution in [0.25, 0.3) is 0 Å². The Kier molecular flexibility index (Phi) is 21.8. The van der Waals surface area contributed by atoms with Crippen molar-refractivity contribution >= 4 is 0 Å². The average molecular weight is 1210 g/mol. The predicted molar refractivity (Wildman–Crippen MR) is 253 cm³/mol. The number of ether oxygens (including phenoxy) is 14. The summed E-state index contributed by atoms with van der Waals surface area (Å²) in [6.45, 7) is -4.68. The molecule has 1 aromatic heterocycles. The first-order valence-corrected chi connectivity index (χ1v) is 26.9. The molecule has 22 rings (SSSR count). The van der Waals surface area contributed by atoms with Gasteiger partial charge in [-0.2, -0.15) is 0 Å². The highest BCUT2D eigenvalue weighted by atomic mass is 16.8. The van der Waals surface area contributed by atoms with E-state index in [0.29, 0.717) is 0 Å². The normalized spacial score (nSPS) is 52.2. The molecule has 0 aromatic carbocycles. The van der Waals surface area contributed by atoms with Crippen LogP contribution in [0.1, 0.15) is 5.56 Å². The van der Waals surface area contributed by atoms with Gasteiger partial charge >= 0.3 is 0 Å². The van der Waals surface area contributed by atoms with E-state index < -0.39 is 255 Å². The van der Waals surface area contributed by atoms with Crippen LogP contribution in [0.2, 0.25) is 0 Å². The van der Waals surface area contributed by atoms with Crippen molar-refractivity contribution in [2.45, 2.75) is 228 Å². The van der Waals surface area contributed by atoms with Crippen molar-refractivity contribution in [1.29, 1.82) is 0 Å². The lowest BCUT2D eigenvalue weighted by Gasteiger charge is -2.50. The number of aryl methyl sites for hydroxylation is 1. The molecule has 20 N–H and O–H groups in total. The van der Waals surface area contributed by atoms with Gasteiger partial charge in [-0.15, -0.1) is 0 Å². The zero-order chi connectivity index (χ0) is 60.0. The molecule has 0 radical (unpaired) electrons. The van der Waals surface area contributed by atoms with E-state index >= 15 is 0 Å². The first-order chi connectivity index (χ1) is 39.6. The van der Waals surface area contributed by atoms with Crippen LogP contribution in [-0.4, -0.2) is 357 Å². The van der Waals surface area contributed by atoms with Crippen LogP contribution in [0.15, 0.2) is 24.5 Å². The minimum Gasteiger partial charge on any atom is -0.394 e. The zero-order valence-electron chi connectivity index (χ0n) is 44.1. The van der Waals surface area contributed by atoms with Gasteiger partial charge in [0.05, 0.1) is 39.6 Å². The summed E-state index contributed by atoms with van der Waals surface area (Å²) in [7, 11) is 0. The van der Waals surface area contributed by atoms with Gasteiger partial charge in [-0.1, -0.05) is 0 Å². The highest BCUT2D eigenvalue weighted by Crippen LogP contribution is 2.39. The number of pyridine rings is 1. The lowest BCUT2D eigenvalue weighted by Crippen LogP contribution is -2.68. The van der Waals surface area contributed by atoms with E-state index in [9.17, 15) is 102 Å². The molecular weight excluding hydrogens is 1130 g/mol. The fourth-order valence-electron chi connectivity index (χ4n) is 11.4. The summed E-state index contributed by atoms with van der Waals surface area (Å²) in [6.07, 6.45) is -66.0. The SMILES string of the molecule is Cc1ccc[n+](C[C@H]2O[C@@H]3O[C@H]4[C@H](O)[C@H](O)[C@@H](O[C@H]5[C@H](O)[C@H](O)[C@@H](O[C@H]6[C@H](O)[C@@H](O)[C@@H](O[C@H]7[C@H](O)[C@@H](O)[C@@H](O[C@H]8[C@H](O)[C@@H](O)[C@@H](O[C@H]9[C@H](O)[C@@H](O)[C@@H](O[C@H]2[C@H](O)[C@H]3O)O[C@@H]9CO)O[C@@H]8CO)O[C@@H]7CO)O[C@@H]6CO)O[C@@H]5CO)O[C@@H]4CO)c1. The number of aliphatic hydroxyl groups is 20. The quantitative estimate of drug-likeness (QED) is 0.107. The van der Waals surface area contributed by atoms with Gasteiger partial charge in [0.1, 0.15) is 171 Å². The fraction of sp³-hybridized carbons (Fsp3) is 0.896. The van der Waals surface area contributed by atoms with Crippen molar-refractivity contribution in [1.82, 2.24) is 0 Å². The van der Waals surface area contributed by atoms with Crippen LogP contribution >= 0.6 is 0 Å². The van der Waals surface area contributed by atoms with Crippen LogP contribution in [-0.2, 0) is 72.9 Å². The number of hydrogen-bond donors (Lipinski definition) is 20. The zero-order valence-corrected chi connectivity index (χ0v) is 44.1. The topological polar surface area (TPSA) is 538 Å². The standard InChI is InChI=1S/C48H76NO34/c1-13-3-2-4-49(5-13)6-14-35-21(56)28(63)42(70-14)78-36-15(7-50)72-44(30(65)23(36)58)80-38-17(9-52)74-46(32(67)25(38)60)82-40-19(11-54)76-48(34(69)27(40)62)83-41-20(12-55)75-47(33(68)26(41)61)81-39-18(10-53)73-45(31(66)24(39)59)79-37-16(8-51)71-43(77-35)29(64)22(37)57/h2-5,14-48,50-69H,6-12H2,1H3/q+1/t14-,15-,16-,17-,18-,19-,20-,21-,22-,23-,24-,25-,26-,27-,28-,29-,30+,31-,32+,33-,34-,35-,36-,37-,38-,39-,40-,41-,42-,43-,44-,45-,46-,47-,48-/m1/s1. The van der Waals surface area contributed by atoms with Crippen LogP contribution in [0.4, 0.5) is 0 Å². The minimum absolute atomic E-state index is 0.240. The first-order valence-electron chi connectivity index (χ1n) is 26.9. The fourth-order valence-corrected chi connectivity index (χ4v) is 11.4. The number of rotatable bonds is 8. The second-order valence-electron chi connectivity index (χ2n) is 21.5. The van der Waals surface area contributed by atoms with Gasteiger partial charge in [-0.05, 0) is 13.0 Å². The van der Waals surface area contributed by atoms with Crippen LogP contribution in [0.5, 0.6) is 0 Å². The van der Waals surface area contributed by atoms with E-state index in [1.807, 2.05) is 0 Å². The molecule has 21 fully saturated rings. The predicted octanol–water partition coefficient (Wildman–Crippen LogP) is -13.9. The lowest BCUT2D eigenvalue weighted by atomic mass is 9.95. The highest BCUT2D eigenvalue weighted by molar-refractivity contribution is 5.03. The first kappa shape index (κ1) is 65.2. The number of hydrogen-bond acceptors (Lipinski definition) is 34. The third kappa shape index (κ3) is 13.1.